The van der Waals surface area contributed by atoms with Gasteiger partial charge in [-0.05, 0) is 41.3 Å². The van der Waals surface area contributed by atoms with Gasteiger partial charge in [-0.2, -0.15) is 0 Å². The fraction of sp³-hybridized carbons (Fsp3) is 0.500. The van der Waals surface area contributed by atoms with Crippen LogP contribution < -0.4 is 0 Å². The molecule has 0 amide bonds. The van der Waals surface area contributed by atoms with E-state index in [1.165, 1.54) is 15.6 Å². The minimum absolute atomic E-state index is 0.300. The first-order valence-electron chi connectivity index (χ1n) is 7.36. The number of hydrogen-bond donors (Lipinski definition) is 2. The summed E-state index contributed by atoms with van der Waals surface area (Å²) in [5.74, 6) is 0. The van der Waals surface area contributed by atoms with Gasteiger partial charge in [0.15, 0.2) is 0 Å². The minimum Gasteiger partial charge on any atom is -0.392 e. The summed E-state index contributed by atoms with van der Waals surface area (Å²) in [6.45, 7) is 2.18. The predicted octanol–water partition coefficient (Wildman–Crippen LogP) is 1.85. The van der Waals surface area contributed by atoms with E-state index < -0.39 is 6.23 Å². The molecule has 114 valence electrons. The largest absolute Gasteiger partial charge is 0.392 e. The first-order valence-corrected chi connectivity index (χ1v) is 8.24. The Labute approximate surface area is 128 Å². The molecule has 0 radical (unpaired) electrons. The Morgan fingerprint density at radius 3 is 3.10 bits per heavy atom. The predicted molar refractivity (Wildman–Crippen MR) is 84.6 cm³/mol. The molecule has 2 heterocycles. The van der Waals surface area contributed by atoms with Gasteiger partial charge in [-0.3, -0.25) is 4.90 Å². The minimum atomic E-state index is -0.609. The molecular weight excluding hydrogens is 286 g/mol. The lowest BCUT2D eigenvalue weighted by molar-refractivity contribution is -0.0517. The number of benzene rings is 1. The molecule has 0 aliphatic carbocycles. The quantitative estimate of drug-likeness (QED) is 0.800. The van der Waals surface area contributed by atoms with Crippen LogP contribution in [0.3, 0.4) is 0 Å². The van der Waals surface area contributed by atoms with Gasteiger partial charge in [-0.25, -0.2) is 0 Å². The highest BCUT2D eigenvalue weighted by atomic mass is 32.1. The summed E-state index contributed by atoms with van der Waals surface area (Å²) in [7, 11) is 0. The van der Waals surface area contributed by atoms with Crippen LogP contribution in [0, 0.1) is 0 Å². The van der Waals surface area contributed by atoms with Crippen LogP contribution in [0.1, 0.15) is 12.0 Å². The zero-order valence-corrected chi connectivity index (χ0v) is 12.8. The van der Waals surface area contributed by atoms with Crippen LogP contribution in [0.4, 0.5) is 0 Å². The van der Waals surface area contributed by atoms with Crippen LogP contribution in [0.2, 0.25) is 0 Å². The van der Waals surface area contributed by atoms with Crippen molar-refractivity contribution < 1.29 is 14.9 Å². The van der Waals surface area contributed by atoms with E-state index >= 15 is 0 Å². The van der Waals surface area contributed by atoms with E-state index in [0.29, 0.717) is 19.8 Å². The maximum atomic E-state index is 9.97. The van der Waals surface area contributed by atoms with Crippen LogP contribution in [0.15, 0.2) is 29.6 Å². The first kappa shape index (κ1) is 14.9. The molecule has 3 rings (SSSR count). The molecule has 0 spiro atoms. The number of β-amino-alcohol motifs (C(OH)–C–C–N with tert-alkyl or cyclic N) is 1. The Morgan fingerprint density at radius 2 is 2.29 bits per heavy atom. The van der Waals surface area contributed by atoms with Crippen molar-refractivity contribution in [1.29, 1.82) is 0 Å². The van der Waals surface area contributed by atoms with Crippen molar-refractivity contribution in [2.45, 2.75) is 25.2 Å². The highest BCUT2D eigenvalue weighted by Crippen LogP contribution is 2.22. The van der Waals surface area contributed by atoms with E-state index in [4.69, 9.17) is 4.74 Å². The number of aliphatic hydroxyl groups excluding tert-OH is 2. The highest BCUT2D eigenvalue weighted by molar-refractivity contribution is 7.17. The van der Waals surface area contributed by atoms with Crippen LogP contribution in [-0.2, 0) is 11.2 Å². The standard InChI is InChI=1S/C16H21NO3S/c18-14-3-6-17(10-14)16(19)11-20-7-4-12-1-2-13-5-8-21-15(13)9-12/h1-2,5,8-9,14,16,18-19H,3-4,6-7,10-11H2. The average molecular weight is 307 g/mol. The fourth-order valence-corrected chi connectivity index (χ4v) is 3.53. The Morgan fingerprint density at radius 1 is 1.38 bits per heavy atom. The summed E-state index contributed by atoms with van der Waals surface area (Å²) in [4.78, 5) is 1.86. The monoisotopic (exact) mass is 307 g/mol. The molecule has 2 aromatic rings. The SMILES string of the molecule is OC1CCN(C(O)COCCc2ccc3ccsc3c2)C1. The number of thiophene rings is 1. The molecule has 1 aliphatic heterocycles. The number of hydrogen-bond acceptors (Lipinski definition) is 5. The third-order valence-electron chi connectivity index (χ3n) is 3.94. The molecule has 1 aromatic carbocycles. The summed E-state index contributed by atoms with van der Waals surface area (Å²) >= 11 is 1.75. The molecule has 1 aliphatic rings. The van der Waals surface area contributed by atoms with E-state index in [0.717, 1.165) is 19.4 Å². The summed E-state index contributed by atoms with van der Waals surface area (Å²) in [6, 6.07) is 8.60. The van der Waals surface area contributed by atoms with Gasteiger partial charge in [0.05, 0.1) is 19.3 Å². The van der Waals surface area contributed by atoms with E-state index in [-0.39, 0.29) is 6.10 Å². The first-order chi connectivity index (χ1) is 10.2. The molecule has 2 atom stereocenters. The van der Waals surface area contributed by atoms with Crippen LogP contribution in [-0.4, -0.2) is 53.7 Å². The molecule has 5 heteroatoms. The Balaban J connectivity index is 1.41. The molecule has 1 fully saturated rings. The van der Waals surface area contributed by atoms with Gasteiger partial charge in [-0.1, -0.05) is 12.1 Å². The maximum Gasteiger partial charge on any atom is 0.131 e. The van der Waals surface area contributed by atoms with Crippen molar-refractivity contribution in [1.82, 2.24) is 4.90 Å². The van der Waals surface area contributed by atoms with E-state index in [1.54, 1.807) is 11.3 Å². The van der Waals surface area contributed by atoms with Gasteiger partial charge in [0, 0.05) is 17.8 Å². The molecule has 1 aromatic heterocycles. The molecular formula is C16H21NO3S. The number of ether oxygens (including phenoxy) is 1. The average Bonchev–Trinajstić information content (AvgIpc) is 3.11. The fourth-order valence-electron chi connectivity index (χ4n) is 2.68. The summed E-state index contributed by atoms with van der Waals surface area (Å²) in [6.07, 6.45) is 0.667. The van der Waals surface area contributed by atoms with Crippen molar-refractivity contribution in [2.24, 2.45) is 0 Å². The van der Waals surface area contributed by atoms with Gasteiger partial charge in [0.2, 0.25) is 0 Å². The van der Waals surface area contributed by atoms with Gasteiger partial charge < -0.3 is 14.9 Å². The molecule has 21 heavy (non-hydrogen) atoms. The second-order valence-corrected chi connectivity index (χ2v) is 6.48. The molecule has 4 nitrogen and oxygen atoms in total. The second kappa shape index (κ2) is 6.85. The van der Waals surface area contributed by atoms with Crippen LogP contribution in [0.5, 0.6) is 0 Å². The normalized spacial score (nSPS) is 21.1. The lowest BCUT2D eigenvalue weighted by atomic mass is 10.1. The van der Waals surface area contributed by atoms with Gasteiger partial charge in [-0.15, -0.1) is 11.3 Å². The van der Waals surface area contributed by atoms with E-state index in [1.807, 2.05) is 4.90 Å². The van der Waals surface area contributed by atoms with Crippen LogP contribution >= 0.6 is 11.3 Å². The van der Waals surface area contributed by atoms with Gasteiger partial charge in [0.25, 0.3) is 0 Å². The van der Waals surface area contributed by atoms with E-state index in [9.17, 15) is 10.2 Å². The summed E-state index contributed by atoms with van der Waals surface area (Å²) < 4.78 is 6.87. The Kier molecular flexibility index (Phi) is 4.87. The summed E-state index contributed by atoms with van der Waals surface area (Å²) in [5, 5.41) is 22.8. The molecule has 2 N–H and O–H groups in total. The number of rotatable bonds is 6. The van der Waals surface area contributed by atoms with Crippen molar-refractivity contribution in [2.75, 3.05) is 26.3 Å². The maximum absolute atomic E-state index is 9.97. The summed E-state index contributed by atoms with van der Waals surface area (Å²) in [5.41, 5.74) is 1.26. The second-order valence-electron chi connectivity index (χ2n) is 5.54. The van der Waals surface area contributed by atoms with Crippen molar-refractivity contribution in [3.8, 4) is 0 Å². The number of nitrogens with zero attached hydrogens (tertiary/aromatic N) is 1. The molecule has 1 saturated heterocycles. The topological polar surface area (TPSA) is 52.9 Å². The van der Waals surface area contributed by atoms with E-state index in [2.05, 4.69) is 29.6 Å². The third-order valence-corrected chi connectivity index (χ3v) is 4.82. The third kappa shape index (κ3) is 3.81. The number of likely N-dealkylation sites (tertiary alicyclic amines) is 1. The Hall–Kier alpha value is -0.980. The number of fused-ring (bicyclic) bond motifs is 1. The number of aliphatic hydroxyl groups is 2. The lowest BCUT2D eigenvalue weighted by Crippen LogP contribution is -2.37. The van der Waals surface area contributed by atoms with Gasteiger partial charge >= 0.3 is 0 Å². The highest BCUT2D eigenvalue weighted by Gasteiger charge is 2.25. The Bertz CT molecular complexity index is 586. The van der Waals surface area contributed by atoms with Crippen molar-refractivity contribution in [3.63, 3.8) is 0 Å². The van der Waals surface area contributed by atoms with Gasteiger partial charge in [0.1, 0.15) is 6.23 Å². The zero-order chi connectivity index (χ0) is 14.7. The lowest BCUT2D eigenvalue weighted by Gasteiger charge is -2.22. The zero-order valence-electron chi connectivity index (χ0n) is 11.9. The van der Waals surface area contributed by atoms with Crippen LogP contribution in [0.25, 0.3) is 10.1 Å². The smallest absolute Gasteiger partial charge is 0.131 e. The molecule has 0 saturated carbocycles. The van der Waals surface area contributed by atoms with Crippen molar-refractivity contribution >= 4 is 21.4 Å². The van der Waals surface area contributed by atoms with Crippen molar-refractivity contribution in [3.05, 3.63) is 35.2 Å². The molecule has 2 unspecified atom stereocenters. The molecule has 0 bridgehead atoms.